The first kappa shape index (κ1) is 22.1. The number of rotatable bonds is 6. The fourth-order valence-electron chi connectivity index (χ4n) is 3.87. The third kappa shape index (κ3) is 4.17. The van der Waals surface area contributed by atoms with Crippen LogP contribution in [-0.4, -0.2) is 38.7 Å². The number of amides is 3. The zero-order chi connectivity index (χ0) is 24.7. The Bertz CT molecular complexity index is 1530. The summed E-state index contributed by atoms with van der Waals surface area (Å²) in [6.45, 7) is 3.12. The molecule has 2 aromatic heterocycles. The predicted octanol–water partition coefficient (Wildman–Crippen LogP) is 2.72. The number of fused-ring (bicyclic) bond motifs is 2. The van der Waals surface area contributed by atoms with Crippen molar-refractivity contribution >= 4 is 29.1 Å². The van der Waals surface area contributed by atoms with E-state index in [2.05, 4.69) is 10.3 Å². The lowest BCUT2D eigenvalue weighted by Gasteiger charge is -2.16. The van der Waals surface area contributed by atoms with Gasteiger partial charge in [-0.25, -0.2) is 4.98 Å². The minimum Gasteiger partial charge on any atom is -0.485 e. The lowest BCUT2D eigenvalue weighted by atomic mass is 10.1. The topological polar surface area (TPSA) is 123 Å². The highest BCUT2D eigenvalue weighted by molar-refractivity contribution is 6.22. The molecule has 3 heterocycles. The summed E-state index contributed by atoms with van der Waals surface area (Å²) in [5, 5.41) is 2.70. The van der Waals surface area contributed by atoms with Crippen LogP contribution >= 0.6 is 0 Å². The van der Waals surface area contributed by atoms with Crippen molar-refractivity contribution in [2.75, 3.05) is 11.9 Å². The fraction of sp³-hybridized carbons (Fsp3) is 0.160. The zero-order valence-electron chi connectivity index (χ0n) is 18.9. The summed E-state index contributed by atoms with van der Waals surface area (Å²) in [6.07, 6.45) is 0. The maximum atomic E-state index is 12.7. The maximum absolute atomic E-state index is 12.7. The highest BCUT2D eigenvalue weighted by atomic mass is 16.5. The third-order valence-corrected chi connectivity index (χ3v) is 5.49. The van der Waals surface area contributed by atoms with Crippen LogP contribution in [0.15, 0.2) is 63.9 Å². The van der Waals surface area contributed by atoms with Gasteiger partial charge in [-0.1, -0.05) is 18.2 Å². The molecule has 10 nitrogen and oxygen atoms in total. The van der Waals surface area contributed by atoms with Crippen molar-refractivity contribution in [2.45, 2.75) is 20.5 Å². The lowest BCUT2D eigenvalue weighted by Crippen LogP contribution is -2.37. The van der Waals surface area contributed by atoms with Crippen LogP contribution in [0.5, 0.6) is 5.75 Å². The molecular weight excluding hydrogens is 452 g/mol. The standard InChI is InChI=1S/C25H20N4O6/c1-14-7-8-19(27-22(30)12-28-24(32)17-5-3-4-6-18(17)25(28)33)20(9-14)34-13-16-11-23(31)29-21(26-16)10-15(2)35-29/h3-11H,12-13H2,1-2H3,(H,27,30). The molecule has 10 heteroatoms. The normalized spacial score (nSPS) is 12.8. The largest absolute Gasteiger partial charge is 0.485 e. The number of aryl methyl sites for hydroxylation is 2. The van der Waals surface area contributed by atoms with Crippen LogP contribution in [0.3, 0.4) is 0 Å². The van der Waals surface area contributed by atoms with Gasteiger partial charge in [0.15, 0.2) is 5.65 Å². The first-order valence-electron chi connectivity index (χ1n) is 10.8. The van der Waals surface area contributed by atoms with E-state index >= 15 is 0 Å². The van der Waals surface area contributed by atoms with E-state index in [9.17, 15) is 19.2 Å². The van der Waals surface area contributed by atoms with E-state index in [0.29, 0.717) is 28.5 Å². The highest BCUT2D eigenvalue weighted by Gasteiger charge is 2.36. The minimum atomic E-state index is -0.556. The lowest BCUT2D eigenvalue weighted by molar-refractivity contribution is -0.116. The van der Waals surface area contributed by atoms with E-state index in [1.54, 1.807) is 55.5 Å². The van der Waals surface area contributed by atoms with Crippen LogP contribution in [0.25, 0.3) is 5.65 Å². The van der Waals surface area contributed by atoms with E-state index < -0.39 is 24.3 Å². The molecule has 1 N–H and O–H groups in total. The number of imide groups is 1. The molecule has 4 aromatic rings. The molecular formula is C25H20N4O6. The Labute approximate surface area is 198 Å². The Morgan fingerprint density at radius 3 is 2.43 bits per heavy atom. The Kier molecular flexibility index (Phi) is 5.40. The van der Waals surface area contributed by atoms with E-state index in [4.69, 9.17) is 9.26 Å². The second-order valence-corrected chi connectivity index (χ2v) is 8.16. The smallest absolute Gasteiger partial charge is 0.287 e. The van der Waals surface area contributed by atoms with Gasteiger partial charge in [0, 0.05) is 12.1 Å². The summed E-state index contributed by atoms with van der Waals surface area (Å²) in [6, 6.07) is 14.6. The van der Waals surface area contributed by atoms with E-state index in [-0.39, 0.29) is 23.3 Å². The van der Waals surface area contributed by atoms with Crippen LogP contribution in [0.1, 0.15) is 37.7 Å². The molecule has 5 rings (SSSR count). The summed E-state index contributed by atoms with van der Waals surface area (Å²) in [5.41, 5.74) is 2.17. The number of ether oxygens (including phenoxy) is 1. The maximum Gasteiger partial charge on any atom is 0.287 e. The molecule has 0 aliphatic carbocycles. The molecule has 0 unspecified atom stereocenters. The number of nitrogens with one attached hydrogen (secondary N) is 1. The molecule has 0 saturated carbocycles. The molecule has 0 atom stereocenters. The van der Waals surface area contributed by atoms with Crippen LogP contribution < -0.4 is 15.6 Å². The van der Waals surface area contributed by atoms with Gasteiger partial charge in [0.05, 0.1) is 22.5 Å². The summed E-state index contributed by atoms with van der Waals surface area (Å²) in [5.74, 6) is -0.674. The number of benzene rings is 2. The second-order valence-electron chi connectivity index (χ2n) is 8.16. The predicted molar refractivity (Wildman–Crippen MR) is 124 cm³/mol. The Morgan fingerprint density at radius 1 is 1.00 bits per heavy atom. The van der Waals surface area contributed by atoms with E-state index in [1.165, 1.54) is 6.07 Å². The van der Waals surface area contributed by atoms with Crippen molar-refractivity contribution in [1.29, 1.82) is 0 Å². The molecule has 0 radical (unpaired) electrons. The first-order valence-corrected chi connectivity index (χ1v) is 10.8. The Morgan fingerprint density at radius 2 is 1.71 bits per heavy atom. The van der Waals surface area contributed by atoms with Crippen molar-refractivity contribution in [3.8, 4) is 5.75 Å². The van der Waals surface area contributed by atoms with Gasteiger partial charge in [-0.15, -0.1) is 4.57 Å². The van der Waals surface area contributed by atoms with E-state index in [0.717, 1.165) is 15.0 Å². The van der Waals surface area contributed by atoms with Crippen molar-refractivity contribution in [2.24, 2.45) is 0 Å². The van der Waals surface area contributed by atoms with Gasteiger partial charge in [-0.3, -0.25) is 24.1 Å². The van der Waals surface area contributed by atoms with E-state index in [1.807, 2.05) is 6.92 Å². The number of nitrogens with zero attached hydrogens (tertiary/aromatic N) is 3. The van der Waals surface area contributed by atoms with Crippen LogP contribution in [0, 0.1) is 13.8 Å². The average molecular weight is 472 g/mol. The monoisotopic (exact) mass is 472 g/mol. The number of hydrogen-bond donors (Lipinski definition) is 1. The second kappa shape index (κ2) is 8.56. The van der Waals surface area contributed by atoms with Gasteiger partial charge in [-0.2, -0.15) is 0 Å². The molecule has 2 aromatic carbocycles. The van der Waals surface area contributed by atoms with Crippen molar-refractivity contribution in [1.82, 2.24) is 14.5 Å². The Balaban J connectivity index is 1.31. The number of carbonyl (C=O) groups excluding carboxylic acids is 3. The molecule has 3 amide bonds. The zero-order valence-corrected chi connectivity index (χ0v) is 18.9. The van der Waals surface area contributed by atoms with Gasteiger partial charge < -0.3 is 14.6 Å². The summed E-state index contributed by atoms with van der Waals surface area (Å²) >= 11 is 0. The molecule has 0 saturated heterocycles. The number of hydrogen-bond acceptors (Lipinski definition) is 7. The molecule has 1 aliphatic heterocycles. The van der Waals surface area contributed by atoms with Crippen molar-refractivity contribution < 1.29 is 23.6 Å². The van der Waals surface area contributed by atoms with Gasteiger partial charge in [-0.05, 0) is 43.7 Å². The van der Waals surface area contributed by atoms with Gasteiger partial charge in [0.25, 0.3) is 17.4 Å². The summed E-state index contributed by atoms with van der Waals surface area (Å²) < 4.78 is 12.3. The molecule has 176 valence electrons. The quantitative estimate of drug-likeness (QED) is 0.428. The van der Waals surface area contributed by atoms with Crippen LogP contribution in [0.2, 0.25) is 0 Å². The van der Waals surface area contributed by atoms with Crippen LogP contribution in [-0.2, 0) is 11.4 Å². The summed E-state index contributed by atoms with van der Waals surface area (Å²) in [4.78, 5) is 55.4. The number of anilines is 1. The van der Waals surface area contributed by atoms with Crippen molar-refractivity contribution in [3.05, 3.63) is 93.1 Å². The fourth-order valence-corrected chi connectivity index (χ4v) is 3.87. The van der Waals surface area contributed by atoms with Gasteiger partial charge >= 0.3 is 0 Å². The van der Waals surface area contributed by atoms with Crippen LogP contribution in [0.4, 0.5) is 5.69 Å². The average Bonchev–Trinajstić information content (AvgIpc) is 3.32. The summed E-state index contributed by atoms with van der Waals surface area (Å²) in [7, 11) is 0. The SMILES string of the molecule is Cc1ccc(NC(=O)CN2C(=O)c3ccccc3C2=O)c(OCc2cc(=O)n3oc(C)cc3n2)c1. The molecule has 0 spiro atoms. The molecule has 0 bridgehead atoms. The minimum absolute atomic E-state index is 0.0271. The van der Waals surface area contributed by atoms with Crippen molar-refractivity contribution in [3.63, 3.8) is 0 Å². The highest BCUT2D eigenvalue weighted by Crippen LogP contribution is 2.27. The third-order valence-electron chi connectivity index (χ3n) is 5.49. The molecule has 35 heavy (non-hydrogen) atoms. The molecule has 1 aliphatic rings. The van der Waals surface area contributed by atoms with Gasteiger partial charge in [0.1, 0.15) is 24.7 Å². The van der Waals surface area contributed by atoms with Gasteiger partial charge in [0.2, 0.25) is 5.91 Å². The number of aromatic nitrogens is 2. The number of carbonyl (C=O) groups is 3. The first-order chi connectivity index (χ1) is 16.8. The molecule has 0 fully saturated rings. The Hall–Kier alpha value is -4.73.